The Hall–Kier alpha value is -0.790. The van der Waals surface area contributed by atoms with Gasteiger partial charge < -0.3 is 27.9 Å². The number of phosphoric ester groups is 1. The predicted octanol–water partition coefficient (Wildman–Crippen LogP) is 11.2. The van der Waals surface area contributed by atoms with Gasteiger partial charge in [0, 0.05) is 6.61 Å². The molecule has 0 aliphatic rings. The molecule has 1 aromatic carbocycles. The quantitative estimate of drug-likeness (QED) is 0.0388. The maximum Gasteiger partial charge on any atom is 0.267 e. The van der Waals surface area contributed by atoms with E-state index in [0.717, 1.165) is 35.7 Å². The molecule has 0 saturated carbocycles. The lowest BCUT2D eigenvalue weighted by atomic mass is 10.0. The number of phosphoric acid groups is 1. The highest BCUT2D eigenvalue weighted by atomic mass is 31.2. The van der Waals surface area contributed by atoms with E-state index in [-0.39, 0.29) is 13.2 Å². The first-order chi connectivity index (χ1) is 23.7. The minimum Gasteiger partial charge on any atom is -0.756 e. The highest BCUT2D eigenvalue weighted by Crippen LogP contribution is 2.38. The van der Waals surface area contributed by atoms with Crippen LogP contribution in [0.4, 0.5) is 0 Å². The molecular formula is C41H78NO6P. The SMILES string of the molecule is CCCCCCCCCCCCCCCCCCOCC(COP(=O)([O-])OCCCCCCCCCC[N+](C)(C)C)OCc1ccccc1. The Morgan fingerprint density at radius 2 is 1.04 bits per heavy atom. The van der Waals surface area contributed by atoms with Crippen molar-refractivity contribution in [2.24, 2.45) is 0 Å². The standard InChI is InChI=1S/C41H78NO6P/c1-5-6-7-8-9-10-11-12-13-14-15-16-18-21-24-30-35-45-38-41(46-37-40-32-27-26-28-33-40)39-48-49(43,44)47-36-31-25-22-19-17-20-23-29-34-42(2,3)4/h26-28,32-33,41H,5-25,29-31,34-39H2,1-4H3. The van der Waals surface area contributed by atoms with Gasteiger partial charge in [-0.2, -0.15) is 0 Å². The molecule has 0 aliphatic carbocycles. The third kappa shape index (κ3) is 32.8. The summed E-state index contributed by atoms with van der Waals surface area (Å²) < 4.78 is 35.8. The first-order valence-electron chi connectivity index (χ1n) is 20.4. The number of rotatable bonds is 37. The van der Waals surface area contributed by atoms with Crippen molar-refractivity contribution in [1.82, 2.24) is 0 Å². The zero-order valence-corrected chi connectivity index (χ0v) is 33.4. The average Bonchev–Trinajstić information content (AvgIpc) is 3.07. The lowest BCUT2D eigenvalue weighted by Crippen LogP contribution is -2.35. The summed E-state index contributed by atoms with van der Waals surface area (Å²) in [5, 5.41) is 0. The van der Waals surface area contributed by atoms with Crippen LogP contribution >= 0.6 is 7.82 Å². The van der Waals surface area contributed by atoms with E-state index < -0.39 is 13.9 Å². The van der Waals surface area contributed by atoms with Gasteiger partial charge in [0.15, 0.2) is 0 Å². The molecule has 7 nitrogen and oxygen atoms in total. The maximum absolute atomic E-state index is 12.4. The Morgan fingerprint density at radius 3 is 1.53 bits per heavy atom. The summed E-state index contributed by atoms with van der Waals surface area (Å²) in [7, 11) is 2.32. The van der Waals surface area contributed by atoms with E-state index in [1.807, 2.05) is 30.3 Å². The molecular weight excluding hydrogens is 633 g/mol. The molecule has 0 aliphatic heterocycles. The van der Waals surface area contributed by atoms with Crippen LogP contribution in [0.15, 0.2) is 30.3 Å². The van der Waals surface area contributed by atoms with Gasteiger partial charge in [0.25, 0.3) is 7.82 Å². The molecule has 0 aromatic heterocycles. The van der Waals surface area contributed by atoms with Crippen molar-refractivity contribution in [3.05, 3.63) is 35.9 Å². The number of quaternary nitrogens is 1. The number of nitrogens with zero attached hydrogens (tertiary/aromatic N) is 1. The van der Waals surface area contributed by atoms with Crippen molar-refractivity contribution in [1.29, 1.82) is 0 Å². The van der Waals surface area contributed by atoms with E-state index in [9.17, 15) is 9.46 Å². The Morgan fingerprint density at radius 1 is 0.592 bits per heavy atom. The van der Waals surface area contributed by atoms with Gasteiger partial charge in [-0.15, -0.1) is 0 Å². The maximum atomic E-state index is 12.4. The summed E-state index contributed by atoms with van der Waals surface area (Å²) in [6, 6.07) is 9.87. The van der Waals surface area contributed by atoms with Gasteiger partial charge in [0.1, 0.15) is 6.10 Å². The van der Waals surface area contributed by atoms with Gasteiger partial charge in [-0.05, 0) is 31.2 Å². The second-order valence-electron chi connectivity index (χ2n) is 15.2. The fourth-order valence-corrected chi connectivity index (χ4v) is 6.81. The first kappa shape index (κ1) is 46.2. The summed E-state index contributed by atoms with van der Waals surface area (Å²) in [6.07, 6.45) is 30.0. The second-order valence-corrected chi connectivity index (χ2v) is 16.6. The minimum absolute atomic E-state index is 0.110. The molecule has 1 aromatic rings. The van der Waals surface area contributed by atoms with E-state index in [1.165, 1.54) is 129 Å². The predicted molar refractivity (Wildman–Crippen MR) is 205 cm³/mol. The van der Waals surface area contributed by atoms with Crippen molar-refractivity contribution in [3.8, 4) is 0 Å². The molecule has 0 saturated heterocycles. The number of unbranched alkanes of at least 4 members (excludes halogenated alkanes) is 22. The zero-order chi connectivity index (χ0) is 35.7. The highest BCUT2D eigenvalue weighted by molar-refractivity contribution is 7.45. The molecule has 0 heterocycles. The van der Waals surface area contributed by atoms with Gasteiger partial charge in [-0.25, -0.2) is 0 Å². The van der Waals surface area contributed by atoms with E-state index >= 15 is 0 Å². The number of hydrogen-bond donors (Lipinski definition) is 0. The van der Waals surface area contributed by atoms with Crippen LogP contribution in [0.5, 0.6) is 0 Å². The lowest BCUT2D eigenvalue weighted by molar-refractivity contribution is -0.870. The molecule has 0 spiro atoms. The molecule has 0 radical (unpaired) electrons. The normalized spacial score (nSPS) is 13.9. The van der Waals surface area contributed by atoms with Crippen LogP contribution in [0.2, 0.25) is 0 Å². The summed E-state index contributed by atoms with van der Waals surface area (Å²) in [5.74, 6) is 0. The van der Waals surface area contributed by atoms with Gasteiger partial charge in [0.05, 0.1) is 54.1 Å². The molecule has 2 unspecified atom stereocenters. The van der Waals surface area contributed by atoms with E-state index in [2.05, 4.69) is 28.1 Å². The summed E-state index contributed by atoms with van der Waals surface area (Å²) in [5.41, 5.74) is 1.02. The van der Waals surface area contributed by atoms with Crippen molar-refractivity contribution in [3.63, 3.8) is 0 Å². The van der Waals surface area contributed by atoms with Gasteiger partial charge >= 0.3 is 0 Å². The second kappa shape index (κ2) is 31.9. The van der Waals surface area contributed by atoms with Crippen molar-refractivity contribution in [2.75, 3.05) is 54.1 Å². The molecule has 0 bridgehead atoms. The average molecular weight is 712 g/mol. The molecule has 0 fully saturated rings. The number of hydrogen-bond acceptors (Lipinski definition) is 6. The largest absolute Gasteiger partial charge is 0.756 e. The van der Waals surface area contributed by atoms with Gasteiger partial charge in [-0.3, -0.25) is 4.57 Å². The van der Waals surface area contributed by atoms with Crippen molar-refractivity contribution < 1.29 is 32.5 Å². The van der Waals surface area contributed by atoms with Crippen LogP contribution in [-0.2, 0) is 29.7 Å². The topological polar surface area (TPSA) is 77.1 Å². The van der Waals surface area contributed by atoms with Crippen LogP contribution in [0.1, 0.15) is 167 Å². The summed E-state index contributed by atoms with van der Waals surface area (Å²) in [6.45, 7) is 4.86. The monoisotopic (exact) mass is 712 g/mol. The van der Waals surface area contributed by atoms with Crippen molar-refractivity contribution in [2.45, 2.75) is 174 Å². The van der Waals surface area contributed by atoms with E-state index in [4.69, 9.17) is 18.5 Å². The number of benzene rings is 1. The molecule has 1 rings (SSSR count). The third-order valence-electron chi connectivity index (χ3n) is 9.17. The molecule has 49 heavy (non-hydrogen) atoms. The van der Waals surface area contributed by atoms with Crippen LogP contribution < -0.4 is 4.89 Å². The van der Waals surface area contributed by atoms with Crippen LogP contribution in [-0.4, -0.2) is 64.7 Å². The molecule has 0 amide bonds. The highest BCUT2D eigenvalue weighted by Gasteiger charge is 2.16. The van der Waals surface area contributed by atoms with Crippen LogP contribution in [0.3, 0.4) is 0 Å². The Kier molecular flexibility index (Phi) is 30.1. The molecule has 288 valence electrons. The summed E-state index contributed by atoms with van der Waals surface area (Å²) in [4.78, 5) is 12.4. The Bertz CT molecular complexity index is 880. The van der Waals surface area contributed by atoms with Gasteiger partial charge in [0.2, 0.25) is 0 Å². The summed E-state index contributed by atoms with van der Waals surface area (Å²) >= 11 is 0. The van der Waals surface area contributed by atoms with Crippen LogP contribution in [0.25, 0.3) is 0 Å². The zero-order valence-electron chi connectivity index (χ0n) is 32.5. The smallest absolute Gasteiger partial charge is 0.267 e. The third-order valence-corrected chi connectivity index (χ3v) is 10.1. The molecule has 2 atom stereocenters. The van der Waals surface area contributed by atoms with E-state index in [0.29, 0.717) is 26.2 Å². The molecule has 8 heteroatoms. The Balaban J connectivity index is 2.13. The Labute approximate surface area is 303 Å². The fraction of sp³-hybridized carbons (Fsp3) is 0.854. The first-order valence-corrected chi connectivity index (χ1v) is 21.8. The van der Waals surface area contributed by atoms with E-state index in [1.54, 1.807) is 0 Å². The molecule has 0 N–H and O–H groups in total. The van der Waals surface area contributed by atoms with Crippen molar-refractivity contribution >= 4 is 7.82 Å². The lowest BCUT2D eigenvalue weighted by Gasteiger charge is -2.26. The van der Waals surface area contributed by atoms with Gasteiger partial charge in [-0.1, -0.05) is 166 Å². The minimum atomic E-state index is -4.40. The fourth-order valence-electron chi connectivity index (χ4n) is 6.04. The van der Waals surface area contributed by atoms with Crippen LogP contribution in [0, 0.1) is 0 Å². The number of ether oxygens (including phenoxy) is 2.